The first-order valence-electron chi connectivity index (χ1n) is 9.59. The van der Waals surface area contributed by atoms with Crippen LogP contribution in [0.25, 0.3) is 10.9 Å². The van der Waals surface area contributed by atoms with Gasteiger partial charge in [0.25, 0.3) is 5.91 Å². The molecule has 0 bridgehead atoms. The topological polar surface area (TPSA) is 94.9 Å². The van der Waals surface area contributed by atoms with Gasteiger partial charge < -0.3 is 9.47 Å². The number of sulfonamides is 1. The molecule has 0 radical (unpaired) electrons. The molecule has 1 atom stereocenters. The van der Waals surface area contributed by atoms with Crippen molar-refractivity contribution in [3.05, 3.63) is 60.3 Å². The Labute approximate surface area is 181 Å². The van der Waals surface area contributed by atoms with E-state index in [9.17, 15) is 18.0 Å². The molecule has 1 heterocycles. The normalized spacial score (nSPS) is 12.4. The van der Waals surface area contributed by atoms with Crippen LogP contribution in [0, 0.1) is 0 Å². The Hall–Kier alpha value is -3.33. The summed E-state index contributed by atoms with van der Waals surface area (Å²) in [5, 5.41) is 0.546. The number of anilines is 1. The molecule has 0 aliphatic carbocycles. The van der Waals surface area contributed by atoms with Gasteiger partial charge in [-0.15, -0.1) is 0 Å². The van der Waals surface area contributed by atoms with Crippen molar-refractivity contribution >= 4 is 38.5 Å². The molecular weight excluding hydrogens is 420 g/mol. The summed E-state index contributed by atoms with van der Waals surface area (Å²) in [6, 6.07) is 12.4. The highest BCUT2D eigenvalue weighted by atomic mass is 32.2. The quantitative estimate of drug-likeness (QED) is 0.519. The van der Waals surface area contributed by atoms with Gasteiger partial charge in [-0.25, -0.2) is 13.2 Å². The third kappa shape index (κ3) is 4.27. The van der Waals surface area contributed by atoms with E-state index in [0.29, 0.717) is 22.3 Å². The average Bonchev–Trinajstić information content (AvgIpc) is 3.15. The van der Waals surface area contributed by atoms with Crippen LogP contribution >= 0.6 is 0 Å². The van der Waals surface area contributed by atoms with Crippen molar-refractivity contribution in [2.45, 2.75) is 19.4 Å². The lowest BCUT2D eigenvalue weighted by Gasteiger charge is -2.30. The maximum absolute atomic E-state index is 13.6. The van der Waals surface area contributed by atoms with Crippen molar-refractivity contribution in [1.29, 1.82) is 0 Å². The zero-order valence-electron chi connectivity index (χ0n) is 17.7. The van der Waals surface area contributed by atoms with Gasteiger partial charge >= 0.3 is 5.97 Å². The van der Waals surface area contributed by atoms with Crippen molar-refractivity contribution in [3.63, 3.8) is 0 Å². The number of para-hydroxylation sites is 1. The first kappa shape index (κ1) is 22.4. The first-order valence-corrected chi connectivity index (χ1v) is 11.4. The zero-order chi connectivity index (χ0) is 22.8. The molecule has 0 amide bonds. The fourth-order valence-corrected chi connectivity index (χ4v) is 4.78. The molecule has 0 N–H and O–H groups in total. The van der Waals surface area contributed by atoms with Gasteiger partial charge in [0.15, 0.2) is 0 Å². The Kier molecular flexibility index (Phi) is 6.35. The molecule has 3 aromatic rings. The van der Waals surface area contributed by atoms with E-state index in [-0.39, 0.29) is 12.0 Å². The van der Waals surface area contributed by atoms with Gasteiger partial charge in [-0.05, 0) is 24.6 Å². The number of benzene rings is 2. The molecule has 0 saturated heterocycles. The second-order valence-electron chi connectivity index (χ2n) is 6.94. The molecule has 31 heavy (non-hydrogen) atoms. The van der Waals surface area contributed by atoms with Crippen molar-refractivity contribution in [3.8, 4) is 5.75 Å². The van der Waals surface area contributed by atoms with Crippen LogP contribution in [-0.4, -0.2) is 51.4 Å². The Balaban J connectivity index is 2.16. The lowest BCUT2D eigenvalue weighted by atomic mass is 10.1. The number of hydrogen-bond acceptors (Lipinski definition) is 6. The summed E-state index contributed by atoms with van der Waals surface area (Å²) in [6.45, 7) is 1.73. The summed E-state index contributed by atoms with van der Waals surface area (Å²) in [4.78, 5) is 25.8. The summed E-state index contributed by atoms with van der Waals surface area (Å²) in [7, 11) is -1.08. The third-order valence-corrected chi connectivity index (χ3v) is 6.15. The minimum atomic E-state index is -3.82. The van der Waals surface area contributed by atoms with E-state index in [1.54, 1.807) is 55.5 Å². The molecule has 1 aromatic heterocycles. The minimum Gasteiger partial charge on any atom is -0.497 e. The molecule has 0 saturated carbocycles. The molecule has 164 valence electrons. The van der Waals surface area contributed by atoms with Crippen molar-refractivity contribution in [2.75, 3.05) is 24.8 Å². The summed E-state index contributed by atoms with van der Waals surface area (Å²) in [5.74, 6) is -0.599. The number of esters is 1. The average molecular weight is 445 g/mol. The summed E-state index contributed by atoms with van der Waals surface area (Å²) in [6.07, 6.45) is 2.66. The van der Waals surface area contributed by atoms with Gasteiger partial charge in [0.05, 0.1) is 37.2 Å². The van der Waals surface area contributed by atoms with Crippen molar-refractivity contribution in [2.24, 2.45) is 0 Å². The Bertz CT molecular complexity index is 1230. The van der Waals surface area contributed by atoms with E-state index in [2.05, 4.69) is 0 Å². The van der Waals surface area contributed by atoms with Gasteiger partial charge in [-0.1, -0.05) is 31.2 Å². The highest BCUT2D eigenvalue weighted by molar-refractivity contribution is 7.92. The van der Waals surface area contributed by atoms with Gasteiger partial charge in [0.2, 0.25) is 10.0 Å². The number of hydrogen-bond donors (Lipinski definition) is 0. The lowest BCUT2D eigenvalue weighted by molar-refractivity contribution is 0.0603. The summed E-state index contributed by atoms with van der Waals surface area (Å²) >= 11 is 0. The van der Waals surface area contributed by atoms with Gasteiger partial charge in [-0.2, -0.15) is 0 Å². The molecule has 0 spiro atoms. The highest BCUT2D eigenvalue weighted by Gasteiger charge is 2.33. The molecule has 8 nitrogen and oxygen atoms in total. The Morgan fingerprint density at radius 3 is 2.42 bits per heavy atom. The fraction of sp³-hybridized carbons (Fsp3) is 0.273. The number of aromatic nitrogens is 1. The third-order valence-electron chi connectivity index (χ3n) is 4.97. The van der Waals surface area contributed by atoms with Crippen LogP contribution < -0.4 is 9.04 Å². The number of nitrogens with zero attached hydrogens (tertiary/aromatic N) is 2. The second kappa shape index (κ2) is 8.81. The van der Waals surface area contributed by atoms with E-state index >= 15 is 0 Å². The number of methoxy groups -OCH3 is 2. The molecule has 1 unspecified atom stereocenters. The zero-order valence-corrected chi connectivity index (χ0v) is 18.5. The highest BCUT2D eigenvalue weighted by Crippen LogP contribution is 2.29. The Morgan fingerprint density at radius 2 is 1.81 bits per heavy atom. The maximum atomic E-state index is 13.6. The van der Waals surface area contributed by atoms with E-state index in [1.807, 2.05) is 0 Å². The van der Waals surface area contributed by atoms with Crippen LogP contribution in [0.1, 0.15) is 28.5 Å². The molecule has 0 aliphatic rings. The predicted octanol–water partition coefficient (Wildman–Crippen LogP) is 3.32. The fourth-order valence-electron chi connectivity index (χ4n) is 3.59. The maximum Gasteiger partial charge on any atom is 0.340 e. The molecule has 3 rings (SSSR count). The van der Waals surface area contributed by atoms with Crippen LogP contribution in [0.5, 0.6) is 5.75 Å². The number of carbonyl (C=O) groups excluding carboxylic acids is 2. The summed E-state index contributed by atoms with van der Waals surface area (Å²) in [5.41, 5.74) is 1.03. The first-order chi connectivity index (χ1) is 14.7. The number of rotatable bonds is 7. The van der Waals surface area contributed by atoms with E-state index in [1.165, 1.54) is 25.0 Å². The van der Waals surface area contributed by atoms with Crippen LogP contribution in [-0.2, 0) is 14.8 Å². The largest absolute Gasteiger partial charge is 0.497 e. The molecule has 9 heteroatoms. The smallest absolute Gasteiger partial charge is 0.340 e. The van der Waals surface area contributed by atoms with Gasteiger partial charge in [-0.3, -0.25) is 13.7 Å². The van der Waals surface area contributed by atoms with E-state index in [4.69, 9.17) is 9.47 Å². The summed E-state index contributed by atoms with van der Waals surface area (Å²) < 4.78 is 37.9. The standard InChI is InChI=1S/C22H24N2O6S/c1-5-19(24(31(4,27)28)15-9-8-10-16(13-15)29-2)21(25)23-14-18(22(26)30-3)17-11-6-7-12-20(17)23/h6-14,19H,5H2,1-4H3. The van der Waals surface area contributed by atoms with E-state index < -0.39 is 27.9 Å². The van der Waals surface area contributed by atoms with Crippen molar-refractivity contribution < 1.29 is 27.5 Å². The molecule has 0 fully saturated rings. The predicted molar refractivity (Wildman–Crippen MR) is 118 cm³/mol. The van der Waals surface area contributed by atoms with E-state index in [0.717, 1.165) is 10.6 Å². The Morgan fingerprint density at radius 1 is 1.10 bits per heavy atom. The second-order valence-corrected chi connectivity index (χ2v) is 8.80. The minimum absolute atomic E-state index is 0.211. The van der Waals surface area contributed by atoms with Crippen LogP contribution in [0.2, 0.25) is 0 Å². The SMILES string of the molecule is CCC(C(=O)n1cc(C(=O)OC)c2ccccc21)N(c1cccc(OC)c1)S(C)(=O)=O. The van der Waals surface area contributed by atoms with Gasteiger partial charge in [0.1, 0.15) is 11.8 Å². The molecule has 0 aliphatic heterocycles. The number of carbonyl (C=O) groups is 2. The van der Waals surface area contributed by atoms with Crippen molar-refractivity contribution in [1.82, 2.24) is 4.57 Å². The molecule has 2 aromatic carbocycles. The van der Waals surface area contributed by atoms with Crippen LogP contribution in [0.15, 0.2) is 54.7 Å². The van der Waals surface area contributed by atoms with Crippen LogP contribution in [0.3, 0.4) is 0 Å². The van der Waals surface area contributed by atoms with Gasteiger partial charge in [0, 0.05) is 17.6 Å². The number of ether oxygens (including phenoxy) is 2. The monoisotopic (exact) mass is 444 g/mol. The van der Waals surface area contributed by atoms with Crippen LogP contribution in [0.4, 0.5) is 5.69 Å². The molecular formula is C22H24N2O6S. The number of fused-ring (bicyclic) bond motifs is 1. The lowest BCUT2D eigenvalue weighted by Crippen LogP contribution is -2.46.